The lowest BCUT2D eigenvalue weighted by Gasteiger charge is -2.21. The molecule has 1 saturated heterocycles. The van der Waals surface area contributed by atoms with Crippen LogP contribution in [0.25, 0.3) is 16.0 Å². The molecule has 1 aliphatic heterocycles. The van der Waals surface area contributed by atoms with Gasteiger partial charge in [-0.1, -0.05) is 48.9 Å². The molecule has 0 bridgehead atoms. The van der Waals surface area contributed by atoms with E-state index in [1.54, 1.807) is 18.2 Å². The van der Waals surface area contributed by atoms with E-state index >= 15 is 0 Å². The Morgan fingerprint density at radius 2 is 2.00 bits per heavy atom. The minimum Gasteiger partial charge on any atom is -0.507 e. The molecule has 35 heavy (non-hydrogen) atoms. The molecule has 0 radical (unpaired) electrons. The average molecular weight is 505 g/mol. The fraction of sp³-hybridized carbons (Fsp3) is 0.222. The smallest absolute Gasteiger partial charge is 0.301 e. The molecule has 0 saturated carbocycles. The van der Waals surface area contributed by atoms with Crippen LogP contribution in [0, 0.1) is 6.92 Å². The molecule has 8 heteroatoms. The number of aliphatic hydroxyl groups excluding tert-OH is 1. The second kappa shape index (κ2) is 9.64. The molecule has 2 aromatic carbocycles. The third-order valence-electron chi connectivity index (χ3n) is 5.87. The van der Waals surface area contributed by atoms with Crippen molar-refractivity contribution in [3.63, 3.8) is 0 Å². The van der Waals surface area contributed by atoms with Crippen LogP contribution in [0.4, 0.5) is 5.13 Å². The highest BCUT2D eigenvalue weighted by Gasteiger charge is 2.48. The minimum absolute atomic E-state index is 0.0543. The van der Waals surface area contributed by atoms with Crippen molar-refractivity contribution >= 4 is 55.5 Å². The highest BCUT2D eigenvalue weighted by atomic mass is 32.1. The van der Waals surface area contributed by atoms with Crippen LogP contribution in [0.15, 0.2) is 65.6 Å². The Morgan fingerprint density at radius 3 is 2.77 bits per heavy atom. The highest BCUT2D eigenvalue weighted by molar-refractivity contribution is 7.22. The second-order valence-electron chi connectivity index (χ2n) is 8.38. The molecule has 1 amide bonds. The number of aliphatic hydroxyl groups is 1. The van der Waals surface area contributed by atoms with Crippen LogP contribution < -0.4 is 9.64 Å². The van der Waals surface area contributed by atoms with Gasteiger partial charge in [-0.15, -0.1) is 11.3 Å². The van der Waals surface area contributed by atoms with Gasteiger partial charge in [-0.2, -0.15) is 0 Å². The summed E-state index contributed by atoms with van der Waals surface area (Å²) in [5.41, 5.74) is 2.34. The van der Waals surface area contributed by atoms with Crippen LogP contribution in [-0.4, -0.2) is 28.4 Å². The van der Waals surface area contributed by atoms with Crippen molar-refractivity contribution in [1.29, 1.82) is 0 Å². The Bertz CT molecular complexity index is 1440. The predicted molar refractivity (Wildman–Crippen MR) is 140 cm³/mol. The molecule has 178 valence electrons. The van der Waals surface area contributed by atoms with Gasteiger partial charge in [0.25, 0.3) is 5.78 Å². The number of thiazole rings is 1. The Labute approximate surface area is 211 Å². The van der Waals surface area contributed by atoms with Gasteiger partial charge in [-0.3, -0.25) is 14.5 Å². The van der Waals surface area contributed by atoms with Crippen molar-refractivity contribution in [2.75, 3.05) is 11.5 Å². The maximum atomic E-state index is 13.3. The number of carbonyl (C=O) groups excluding carboxylic acids is 2. The lowest BCUT2D eigenvalue weighted by atomic mass is 10.00. The molecule has 6 nitrogen and oxygen atoms in total. The molecule has 0 spiro atoms. The molecule has 4 aromatic rings. The van der Waals surface area contributed by atoms with Crippen molar-refractivity contribution < 1.29 is 19.4 Å². The lowest BCUT2D eigenvalue weighted by molar-refractivity contribution is -0.132. The number of hydrogen-bond donors (Lipinski definition) is 1. The summed E-state index contributed by atoms with van der Waals surface area (Å²) in [7, 11) is 0. The van der Waals surface area contributed by atoms with E-state index in [4.69, 9.17) is 4.74 Å². The molecule has 5 rings (SSSR count). The molecule has 0 aliphatic carbocycles. The summed E-state index contributed by atoms with van der Waals surface area (Å²) in [6.45, 7) is 4.65. The average Bonchev–Trinajstić information content (AvgIpc) is 3.58. The zero-order valence-corrected chi connectivity index (χ0v) is 21.0. The number of aromatic nitrogens is 1. The first-order valence-electron chi connectivity index (χ1n) is 11.4. The number of nitrogens with zero attached hydrogens (tertiary/aromatic N) is 2. The number of ether oxygens (including phenoxy) is 1. The minimum atomic E-state index is -0.763. The lowest BCUT2D eigenvalue weighted by Crippen LogP contribution is -2.28. The number of hydrogen-bond acceptors (Lipinski definition) is 7. The first-order valence-corrected chi connectivity index (χ1v) is 13.1. The summed E-state index contributed by atoms with van der Waals surface area (Å²) in [5, 5.41) is 13.6. The number of aryl methyl sites for hydroxylation is 1. The molecule has 3 heterocycles. The van der Waals surface area contributed by atoms with Gasteiger partial charge in [-0.25, -0.2) is 4.98 Å². The van der Waals surface area contributed by atoms with E-state index in [-0.39, 0.29) is 11.3 Å². The van der Waals surface area contributed by atoms with Crippen LogP contribution in [-0.2, 0) is 9.59 Å². The van der Waals surface area contributed by atoms with Crippen LogP contribution in [0.3, 0.4) is 0 Å². The van der Waals surface area contributed by atoms with Gasteiger partial charge < -0.3 is 9.84 Å². The van der Waals surface area contributed by atoms with Gasteiger partial charge >= 0.3 is 5.91 Å². The largest absolute Gasteiger partial charge is 0.507 e. The van der Waals surface area contributed by atoms with Crippen LogP contribution in [0.1, 0.15) is 41.8 Å². The number of amides is 1. The van der Waals surface area contributed by atoms with Crippen molar-refractivity contribution in [3.05, 3.63) is 81.6 Å². The van der Waals surface area contributed by atoms with E-state index in [1.807, 2.05) is 48.7 Å². The van der Waals surface area contributed by atoms with Crippen molar-refractivity contribution in [2.45, 2.75) is 32.7 Å². The zero-order chi connectivity index (χ0) is 24.5. The van der Waals surface area contributed by atoms with Gasteiger partial charge in [0.2, 0.25) is 0 Å². The Balaban J connectivity index is 1.61. The van der Waals surface area contributed by atoms with Crippen LogP contribution in [0.2, 0.25) is 0 Å². The summed E-state index contributed by atoms with van der Waals surface area (Å²) in [6.07, 6.45) is 1.93. The number of unbranched alkanes of at least 4 members (excludes halogenated alkanes) is 1. The van der Waals surface area contributed by atoms with Crippen LogP contribution in [0.5, 0.6) is 5.75 Å². The zero-order valence-electron chi connectivity index (χ0n) is 19.4. The van der Waals surface area contributed by atoms with E-state index in [9.17, 15) is 14.7 Å². The van der Waals surface area contributed by atoms with E-state index in [1.165, 1.54) is 27.6 Å². The first-order chi connectivity index (χ1) is 17.0. The monoisotopic (exact) mass is 504 g/mol. The highest BCUT2D eigenvalue weighted by Crippen LogP contribution is 2.45. The van der Waals surface area contributed by atoms with E-state index in [0.29, 0.717) is 23.1 Å². The molecular weight excluding hydrogens is 480 g/mol. The SMILES string of the molecule is CCCCOc1cccc(C(O)=C2C(=O)C(=O)N(c3nc4ccc(C)cc4s3)C2c2cccs2)c1. The number of thiophene rings is 1. The Morgan fingerprint density at radius 1 is 1.14 bits per heavy atom. The molecule has 1 fully saturated rings. The third-order valence-corrected chi connectivity index (χ3v) is 7.81. The summed E-state index contributed by atoms with van der Waals surface area (Å²) in [6, 6.07) is 15.8. The maximum Gasteiger partial charge on any atom is 0.301 e. The fourth-order valence-electron chi connectivity index (χ4n) is 4.09. The number of Topliss-reactive ketones (excluding diaryl/α,β-unsaturated/α-hetero) is 1. The van der Waals surface area contributed by atoms with E-state index in [2.05, 4.69) is 11.9 Å². The van der Waals surface area contributed by atoms with Crippen LogP contribution >= 0.6 is 22.7 Å². The van der Waals surface area contributed by atoms with E-state index in [0.717, 1.165) is 33.5 Å². The molecule has 1 unspecified atom stereocenters. The summed E-state index contributed by atoms with van der Waals surface area (Å²) in [4.78, 5) is 33.5. The van der Waals surface area contributed by atoms with Crippen molar-refractivity contribution in [2.24, 2.45) is 0 Å². The Hall–Kier alpha value is -3.49. The van der Waals surface area contributed by atoms with Crippen molar-refractivity contribution in [1.82, 2.24) is 4.98 Å². The van der Waals surface area contributed by atoms with Crippen molar-refractivity contribution in [3.8, 4) is 5.75 Å². The topological polar surface area (TPSA) is 79.7 Å². The van der Waals surface area contributed by atoms with Gasteiger partial charge in [-0.05, 0) is 54.6 Å². The number of ketones is 1. The van der Waals surface area contributed by atoms with Gasteiger partial charge in [0.05, 0.1) is 22.4 Å². The fourth-order valence-corrected chi connectivity index (χ4v) is 6.01. The van der Waals surface area contributed by atoms with E-state index < -0.39 is 17.7 Å². The third kappa shape index (κ3) is 4.35. The maximum absolute atomic E-state index is 13.3. The number of carbonyl (C=O) groups is 2. The molecule has 1 N–H and O–H groups in total. The standard InChI is InChI=1S/C27H24N2O4S2/c1-3-4-12-33-18-8-5-7-17(15-18)24(30)22-23(20-9-6-13-34-20)29(26(32)25(22)31)27-28-19-11-10-16(2)14-21(19)35-27/h5-11,13-15,23,30H,3-4,12H2,1-2H3. The summed E-state index contributed by atoms with van der Waals surface area (Å²) >= 11 is 2.79. The number of anilines is 1. The van der Waals surface area contributed by atoms with Gasteiger partial charge in [0.15, 0.2) is 5.13 Å². The molecule has 2 aromatic heterocycles. The summed E-state index contributed by atoms with van der Waals surface area (Å²) in [5.74, 6) is -1.04. The quantitative estimate of drug-likeness (QED) is 0.135. The number of rotatable bonds is 7. The van der Waals surface area contributed by atoms with Gasteiger partial charge in [0.1, 0.15) is 17.6 Å². The first kappa shape index (κ1) is 23.3. The number of fused-ring (bicyclic) bond motifs is 1. The molecule has 1 atom stereocenters. The van der Waals surface area contributed by atoms with Gasteiger partial charge in [0, 0.05) is 10.4 Å². The predicted octanol–water partition coefficient (Wildman–Crippen LogP) is 6.47. The number of benzene rings is 2. The Kier molecular flexibility index (Phi) is 6.40. The summed E-state index contributed by atoms with van der Waals surface area (Å²) < 4.78 is 6.71. The normalized spacial score (nSPS) is 17.4. The second-order valence-corrected chi connectivity index (χ2v) is 10.4. The molecular formula is C27H24N2O4S2. The molecule has 1 aliphatic rings.